The van der Waals surface area contributed by atoms with E-state index >= 15 is 0 Å². The van der Waals surface area contributed by atoms with Crippen molar-refractivity contribution in [3.05, 3.63) is 89.0 Å². The molecule has 0 saturated heterocycles. The highest BCUT2D eigenvalue weighted by molar-refractivity contribution is 6.16. The predicted octanol–water partition coefficient (Wildman–Crippen LogP) is 6.45. The molecule has 3 aromatic carbocycles. The molecule has 166 valence electrons. The summed E-state index contributed by atoms with van der Waals surface area (Å²) in [5.41, 5.74) is 12.0. The number of aliphatic imine (C=N–C) groups is 1. The van der Waals surface area contributed by atoms with E-state index in [4.69, 9.17) is 0 Å². The molecule has 0 saturated carbocycles. The van der Waals surface area contributed by atoms with Crippen molar-refractivity contribution in [3.63, 3.8) is 0 Å². The van der Waals surface area contributed by atoms with Gasteiger partial charge in [-0.15, -0.1) is 0 Å². The fourth-order valence-corrected chi connectivity index (χ4v) is 3.75. The lowest BCUT2D eigenvalue weighted by molar-refractivity contribution is 0.0963. The van der Waals surface area contributed by atoms with Gasteiger partial charge in [0.05, 0.1) is 11.4 Å². The van der Waals surface area contributed by atoms with Crippen molar-refractivity contribution in [1.82, 2.24) is 5.43 Å². The number of anilines is 1. The van der Waals surface area contributed by atoms with E-state index in [0.717, 1.165) is 39.7 Å². The number of carbonyl (C=O) groups is 1. The van der Waals surface area contributed by atoms with Gasteiger partial charge in [-0.05, 0) is 64.9 Å². The first-order valence-electron chi connectivity index (χ1n) is 11.1. The number of aryl methyl sites for hydroxylation is 1. The Hall–Kier alpha value is -3.40. The number of hydrogen-bond donors (Lipinski definition) is 2. The Bertz CT molecular complexity index is 1180. The number of hydrazine groups is 1. The minimum atomic E-state index is -0.168. The van der Waals surface area contributed by atoms with Crippen molar-refractivity contribution in [2.45, 2.75) is 46.5 Å². The van der Waals surface area contributed by atoms with Crippen LogP contribution in [0.2, 0.25) is 0 Å². The number of allylic oxidation sites excluding steroid dienone is 2. The number of benzene rings is 3. The Morgan fingerprint density at radius 2 is 1.84 bits per heavy atom. The zero-order chi connectivity index (χ0) is 23.3. The lowest BCUT2D eigenvalue weighted by Crippen LogP contribution is -2.30. The lowest BCUT2D eigenvalue weighted by Gasteiger charge is -2.22. The van der Waals surface area contributed by atoms with Gasteiger partial charge in [0.15, 0.2) is 0 Å². The van der Waals surface area contributed by atoms with Crippen LogP contribution >= 0.6 is 0 Å². The summed E-state index contributed by atoms with van der Waals surface area (Å²) in [6.45, 7) is 10.6. The Morgan fingerprint density at radius 1 is 1.06 bits per heavy atom. The minimum Gasteiger partial charge on any atom is -0.298 e. The third-order valence-corrected chi connectivity index (χ3v) is 5.65. The van der Waals surface area contributed by atoms with E-state index in [1.807, 2.05) is 49.4 Å². The molecular weight excluding hydrogens is 394 g/mol. The van der Waals surface area contributed by atoms with E-state index < -0.39 is 0 Å². The third kappa shape index (κ3) is 5.08. The maximum absolute atomic E-state index is 12.9. The van der Waals surface area contributed by atoms with Gasteiger partial charge in [0.25, 0.3) is 5.91 Å². The molecular formula is C28H33N3O. The topological polar surface area (TPSA) is 53.5 Å². The number of hydrogen-bond acceptors (Lipinski definition) is 3. The molecule has 0 aliphatic heterocycles. The van der Waals surface area contributed by atoms with E-state index in [0.29, 0.717) is 5.56 Å². The largest absolute Gasteiger partial charge is 0.298 e. The van der Waals surface area contributed by atoms with Crippen LogP contribution in [-0.4, -0.2) is 18.7 Å². The highest BCUT2D eigenvalue weighted by atomic mass is 16.2. The van der Waals surface area contributed by atoms with Crippen LogP contribution in [-0.2, 0) is 11.8 Å². The summed E-state index contributed by atoms with van der Waals surface area (Å²) in [7, 11) is 1.79. The van der Waals surface area contributed by atoms with Gasteiger partial charge in [0.2, 0.25) is 0 Å². The molecule has 2 N–H and O–H groups in total. The zero-order valence-electron chi connectivity index (χ0n) is 19.9. The molecule has 4 nitrogen and oxygen atoms in total. The molecule has 0 spiro atoms. The van der Waals surface area contributed by atoms with E-state index in [1.165, 1.54) is 5.56 Å². The Kier molecular flexibility index (Phi) is 7.14. The second-order valence-electron chi connectivity index (χ2n) is 8.90. The second kappa shape index (κ2) is 9.82. The van der Waals surface area contributed by atoms with Crippen LogP contribution in [0.25, 0.3) is 10.8 Å². The standard InChI is InChI=1S/C28H33N3O/c1-7-10-25(29-6)24-12-9-11-20-17-21(14-16-23(20)24)27(32)31-30-26-18-22(28(3,4)5)15-13-19(26)8-2/h7,9-18,30H,8H2,1-6H3,(H,31,32)/b10-7-,29-25?. The van der Waals surface area contributed by atoms with Gasteiger partial charge in [-0.1, -0.05) is 70.2 Å². The van der Waals surface area contributed by atoms with Gasteiger partial charge in [-0.3, -0.25) is 20.6 Å². The van der Waals surface area contributed by atoms with Crippen LogP contribution in [0.1, 0.15) is 61.7 Å². The monoisotopic (exact) mass is 427 g/mol. The molecule has 4 heteroatoms. The van der Waals surface area contributed by atoms with E-state index in [2.05, 4.69) is 67.8 Å². The summed E-state index contributed by atoms with van der Waals surface area (Å²) in [5, 5.41) is 2.08. The van der Waals surface area contributed by atoms with Crippen LogP contribution < -0.4 is 10.9 Å². The zero-order valence-corrected chi connectivity index (χ0v) is 19.9. The van der Waals surface area contributed by atoms with Crippen molar-refractivity contribution in [3.8, 4) is 0 Å². The van der Waals surface area contributed by atoms with Crippen LogP contribution in [0, 0.1) is 0 Å². The number of nitrogens with zero attached hydrogens (tertiary/aromatic N) is 1. The molecule has 0 aliphatic rings. The van der Waals surface area contributed by atoms with Gasteiger partial charge in [0.1, 0.15) is 0 Å². The number of amides is 1. The summed E-state index contributed by atoms with van der Waals surface area (Å²) in [6, 6.07) is 18.3. The summed E-state index contributed by atoms with van der Waals surface area (Å²) >= 11 is 0. The summed E-state index contributed by atoms with van der Waals surface area (Å²) in [5.74, 6) is -0.168. The molecule has 0 heterocycles. The lowest BCUT2D eigenvalue weighted by atomic mass is 9.86. The van der Waals surface area contributed by atoms with Crippen molar-refractivity contribution >= 4 is 28.1 Å². The Morgan fingerprint density at radius 3 is 2.50 bits per heavy atom. The van der Waals surface area contributed by atoms with Crippen LogP contribution in [0.3, 0.4) is 0 Å². The highest BCUT2D eigenvalue weighted by Crippen LogP contribution is 2.27. The van der Waals surface area contributed by atoms with Crippen LogP contribution in [0.15, 0.2) is 71.7 Å². The summed E-state index contributed by atoms with van der Waals surface area (Å²) in [6.07, 6.45) is 4.86. The molecule has 0 fully saturated rings. The molecule has 0 aliphatic carbocycles. The number of carbonyl (C=O) groups excluding carboxylic acids is 1. The Balaban J connectivity index is 1.86. The van der Waals surface area contributed by atoms with Gasteiger partial charge >= 0.3 is 0 Å². The minimum absolute atomic E-state index is 0.0381. The van der Waals surface area contributed by atoms with Gasteiger partial charge in [-0.25, -0.2) is 0 Å². The average molecular weight is 428 g/mol. The smallest absolute Gasteiger partial charge is 0.269 e. The van der Waals surface area contributed by atoms with Crippen molar-refractivity contribution in [1.29, 1.82) is 0 Å². The maximum Gasteiger partial charge on any atom is 0.269 e. The molecule has 3 rings (SSSR count). The van der Waals surface area contributed by atoms with Gasteiger partial charge in [0, 0.05) is 18.2 Å². The highest BCUT2D eigenvalue weighted by Gasteiger charge is 2.16. The summed E-state index contributed by atoms with van der Waals surface area (Å²) < 4.78 is 0. The third-order valence-electron chi connectivity index (χ3n) is 5.65. The Labute approximate surface area is 191 Å². The van der Waals surface area contributed by atoms with E-state index in [9.17, 15) is 4.79 Å². The van der Waals surface area contributed by atoms with Gasteiger partial charge in [-0.2, -0.15) is 0 Å². The van der Waals surface area contributed by atoms with Gasteiger partial charge < -0.3 is 0 Å². The average Bonchev–Trinajstić information content (AvgIpc) is 2.79. The fourth-order valence-electron chi connectivity index (χ4n) is 3.75. The molecule has 0 radical (unpaired) electrons. The van der Waals surface area contributed by atoms with E-state index in [1.54, 1.807) is 7.05 Å². The summed E-state index contributed by atoms with van der Waals surface area (Å²) in [4.78, 5) is 17.3. The maximum atomic E-state index is 12.9. The number of rotatable bonds is 6. The molecule has 0 bridgehead atoms. The SMILES string of the molecule is C/C=C\C(=NC)c1cccc2cc(C(=O)NNc3cc(C(C)(C)C)ccc3CC)ccc12. The predicted molar refractivity (Wildman–Crippen MR) is 137 cm³/mol. The fraction of sp³-hybridized carbons (Fsp3) is 0.286. The molecule has 0 unspecified atom stereocenters. The number of fused-ring (bicyclic) bond motifs is 1. The quantitative estimate of drug-likeness (QED) is 0.351. The molecule has 0 aromatic heterocycles. The molecule has 32 heavy (non-hydrogen) atoms. The second-order valence-corrected chi connectivity index (χ2v) is 8.90. The molecule has 0 atom stereocenters. The van der Waals surface area contributed by atoms with Crippen LogP contribution in [0.4, 0.5) is 5.69 Å². The number of nitrogens with one attached hydrogen (secondary N) is 2. The van der Waals surface area contributed by atoms with Crippen molar-refractivity contribution in [2.75, 3.05) is 12.5 Å². The first kappa shape index (κ1) is 23.3. The molecule has 1 amide bonds. The van der Waals surface area contributed by atoms with Crippen LogP contribution in [0.5, 0.6) is 0 Å². The first-order valence-corrected chi connectivity index (χ1v) is 11.1. The normalized spacial score (nSPS) is 12.4. The van der Waals surface area contributed by atoms with Crippen molar-refractivity contribution < 1.29 is 4.79 Å². The van der Waals surface area contributed by atoms with Crippen molar-refractivity contribution in [2.24, 2.45) is 4.99 Å². The van der Waals surface area contributed by atoms with E-state index in [-0.39, 0.29) is 11.3 Å². The molecule has 3 aromatic rings. The first-order chi connectivity index (χ1) is 15.3.